The molecule has 0 aromatic heterocycles. The molecule has 3 heterocycles. The molecule has 3 aliphatic rings. The molecule has 1 amide bonds. The number of rotatable bonds is 4. The number of hydrogen-bond donors (Lipinski definition) is 0. The summed E-state index contributed by atoms with van der Waals surface area (Å²) in [4.78, 5) is 17.1. The Bertz CT molecular complexity index is 369. The Kier molecular flexibility index (Phi) is 4.82. The lowest BCUT2D eigenvalue weighted by Crippen LogP contribution is -2.48. The van der Waals surface area contributed by atoms with Crippen molar-refractivity contribution in [3.8, 4) is 0 Å². The zero-order valence-corrected chi connectivity index (χ0v) is 13.3. The number of fused-ring (bicyclic) bond motifs is 2. The first-order valence-electron chi connectivity index (χ1n) is 8.38. The minimum absolute atomic E-state index is 0.0668. The highest BCUT2D eigenvalue weighted by Gasteiger charge is 2.45. The van der Waals surface area contributed by atoms with Crippen LogP contribution in [0.2, 0.25) is 0 Å². The molecule has 5 nitrogen and oxygen atoms in total. The van der Waals surface area contributed by atoms with Crippen molar-refractivity contribution < 1.29 is 14.3 Å². The van der Waals surface area contributed by atoms with Crippen molar-refractivity contribution in [3.63, 3.8) is 0 Å². The fourth-order valence-corrected chi connectivity index (χ4v) is 3.64. The summed E-state index contributed by atoms with van der Waals surface area (Å²) in [7, 11) is 0. The summed E-state index contributed by atoms with van der Waals surface area (Å²) in [5.74, 6) is 1.09. The van der Waals surface area contributed by atoms with Crippen LogP contribution in [0.5, 0.6) is 0 Å². The van der Waals surface area contributed by atoms with Gasteiger partial charge in [0.25, 0.3) is 0 Å². The zero-order valence-electron chi connectivity index (χ0n) is 13.3. The van der Waals surface area contributed by atoms with Gasteiger partial charge in [0.1, 0.15) is 0 Å². The molecular formula is C16H28N2O3. The van der Waals surface area contributed by atoms with Crippen molar-refractivity contribution in [1.82, 2.24) is 9.80 Å². The van der Waals surface area contributed by atoms with Gasteiger partial charge in [0.15, 0.2) is 0 Å². The number of morpholine rings is 2. The summed E-state index contributed by atoms with van der Waals surface area (Å²) in [5, 5.41) is 0. The first kappa shape index (κ1) is 15.3. The van der Waals surface area contributed by atoms with Crippen molar-refractivity contribution >= 4 is 5.91 Å². The van der Waals surface area contributed by atoms with Crippen LogP contribution in [0, 0.1) is 11.8 Å². The number of amides is 1. The Morgan fingerprint density at radius 1 is 1.24 bits per heavy atom. The standard InChI is InChI=1S/C16H28N2O3/c1-12(2)3-4-17-10-13-9-14(15(11-17)21-13)16(19)18-5-7-20-8-6-18/h12-15H,3-11H2,1-2H3/t13-,14-,15+/m0/s1. The van der Waals surface area contributed by atoms with Crippen LogP contribution in [0.4, 0.5) is 0 Å². The Hall–Kier alpha value is -0.650. The Morgan fingerprint density at radius 3 is 2.71 bits per heavy atom. The van der Waals surface area contributed by atoms with E-state index in [-0.39, 0.29) is 24.0 Å². The lowest BCUT2D eigenvalue weighted by Gasteiger charge is -2.34. The SMILES string of the molecule is CC(C)CCN1C[C@@H]2C[C@H](C(=O)N3CCOCC3)[C@@H](C1)O2. The quantitative estimate of drug-likeness (QED) is 0.775. The molecule has 3 fully saturated rings. The normalized spacial score (nSPS) is 33.7. The minimum Gasteiger partial charge on any atom is -0.378 e. The number of hydrogen-bond acceptors (Lipinski definition) is 4. The topological polar surface area (TPSA) is 42.0 Å². The van der Waals surface area contributed by atoms with E-state index in [0.717, 1.165) is 45.1 Å². The third kappa shape index (κ3) is 3.58. The molecule has 3 atom stereocenters. The maximum absolute atomic E-state index is 12.7. The molecule has 0 unspecified atom stereocenters. The smallest absolute Gasteiger partial charge is 0.228 e. The van der Waals surface area contributed by atoms with Gasteiger partial charge in [-0.3, -0.25) is 9.69 Å². The summed E-state index contributed by atoms with van der Waals surface area (Å²) in [6.07, 6.45) is 2.48. The highest BCUT2D eigenvalue weighted by Crippen LogP contribution is 2.33. The molecule has 0 aliphatic carbocycles. The van der Waals surface area contributed by atoms with Crippen LogP contribution in [0.3, 0.4) is 0 Å². The number of carbonyl (C=O) groups is 1. The summed E-state index contributed by atoms with van der Waals surface area (Å²) >= 11 is 0. The average molecular weight is 296 g/mol. The van der Waals surface area contributed by atoms with Gasteiger partial charge in [-0.1, -0.05) is 13.8 Å². The molecule has 2 bridgehead atoms. The van der Waals surface area contributed by atoms with Gasteiger partial charge in [-0.15, -0.1) is 0 Å². The van der Waals surface area contributed by atoms with E-state index in [4.69, 9.17) is 9.47 Å². The second-order valence-corrected chi connectivity index (χ2v) is 7.02. The van der Waals surface area contributed by atoms with Crippen molar-refractivity contribution in [2.24, 2.45) is 11.8 Å². The van der Waals surface area contributed by atoms with Gasteiger partial charge in [-0.2, -0.15) is 0 Å². The van der Waals surface area contributed by atoms with E-state index in [2.05, 4.69) is 18.7 Å². The third-order valence-electron chi connectivity index (χ3n) is 4.90. The van der Waals surface area contributed by atoms with Crippen molar-refractivity contribution in [2.75, 3.05) is 45.9 Å². The Labute approximate surface area is 127 Å². The summed E-state index contributed by atoms with van der Waals surface area (Å²) in [6.45, 7) is 10.4. The van der Waals surface area contributed by atoms with Crippen LogP contribution in [0.25, 0.3) is 0 Å². The van der Waals surface area contributed by atoms with E-state index >= 15 is 0 Å². The van der Waals surface area contributed by atoms with Gasteiger partial charge in [0, 0.05) is 26.2 Å². The van der Waals surface area contributed by atoms with Crippen molar-refractivity contribution in [1.29, 1.82) is 0 Å². The summed E-state index contributed by atoms with van der Waals surface area (Å²) in [5.41, 5.74) is 0. The van der Waals surface area contributed by atoms with Gasteiger partial charge in [-0.05, 0) is 25.3 Å². The minimum atomic E-state index is 0.0668. The van der Waals surface area contributed by atoms with Crippen molar-refractivity contribution in [2.45, 2.75) is 38.9 Å². The maximum Gasteiger partial charge on any atom is 0.228 e. The van der Waals surface area contributed by atoms with Gasteiger partial charge < -0.3 is 14.4 Å². The van der Waals surface area contributed by atoms with Crippen LogP contribution in [0.1, 0.15) is 26.7 Å². The summed E-state index contributed by atoms with van der Waals surface area (Å²) < 4.78 is 11.4. The first-order chi connectivity index (χ1) is 10.1. The predicted molar refractivity (Wildman–Crippen MR) is 80.1 cm³/mol. The van der Waals surface area contributed by atoms with Gasteiger partial charge in [0.2, 0.25) is 5.91 Å². The highest BCUT2D eigenvalue weighted by molar-refractivity contribution is 5.80. The second kappa shape index (κ2) is 6.63. The lowest BCUT2D eigenvalue weighted by molar-refractivity contribution is -0.142. The van der Waals surface area contributed by atoms with Gasteiger partial charge in [0.05, 0.1) is 31.3 Å². The molecule has 3 rings (SSSR count). The maximum atomic E-state index is 12.7. The molecule has 3 saturated heterocycles. The highest BCUT2D eigenvalue weighted by atomic mass is 16.5. The predicted octanol–water partition coefficient (Wildman–Crippen LogP) is 0.981. The van der Waals surface area contributed by atoms with E-state index in [1.165, 1.54) is 6.42 Å². The van der Waals surface area contributed by atoms with E-state index in [9.17, 15) is 4.79 Å². The lowest BCUT2D eigenvalue weighted by atomic mass is 9.98. The molecule has 0 aromatic rings. The zero-order chi connectivity index (χ0) is 14.8. The van der Waals surface area contributed by atoms with Crippen LogP contribution in [-0.2, 0) is 14.3 Å². The first-order valence-corrected chi connectivity index (χ1v) is 8.38. The number of likely N-dealkylation sites (tertiary alicyclic amines) is 1. The Balaban J connectivity index is 1.55. The molecule has 5 heteroatoms. The fourth-order valence-electron chi connectivity index (χ4n) is 3.64. The van der Waals surface area contributed by atoms with Crippen LogP contribution < -0.4 is 0 Å². The molecule has 0 saturated carbocycles. The second-order valence-electron chi connectivity index (χ2n) is 7.02. The number of carbonyl (C=O) groups excluding carboxylic acids is 1. The Morgan fingerprint density at radius 2 is 2.00 bits per heavy atom. The number of ether oxygens (including phenoxy) is 2. The fraction of sp³-hybridized carbons (Fsp3) is 0.938. The number of nitrogens with zero attached hydrogens (tertiary/aromatic N) is 2. The largest absolute Gasteiger partial charge is 0.378 e. The molecule has 0 spiro atoms. The average Bonchev–Trinajstić information content (AvgIpc) is 2.80. The molecule has 21 heavy (non-hydrogen) atoms. The van der Waals surface area contributed by atoms with Crippen molar-refractivity contribution in [3.05, 3.63) is 0 Å². The van der Waals surface area contributed by atoms with Crippen LogP contribution in [-0.4, -0.2) is 73.9 Å². The molecule has 0 N–H and O–H groups in total. The molecule has 0 radical (unpaired) electrons. The van der Waals surface area contributed by atoms with Gasteiger partial charge >= 0.3 is 0 Å². The molecule has 0 aromatic carbocycles. The molecular weight excluding hydrogens is 268 g/mol. The third-order valence-corrected chi connectivity index (χ3v) is 4.90. The van der Waals surface area contributed by atoms with E-state index in [0.29, 0.717) is 13.2 Å². The summed E-state index contributed by atoms with van der Waals surface area (Å²) in [6, 6.07) is 0. The van der Waals surface area contributed by atoms with E-state index < -0.39 is 0 Å². The van der Waals surface area contributed by atoms with E-state index in [1.54, 1.807) is 0 Å². The van der Waals surface area contributed by atoms with Crippen LogP contribution in [0.15, 0.2) is 0 Å². The van der Waals surface area contributed by atoms with E-state index in [1.807, 2.05) is 4.90 Å². The van der Waals surface area contributed by atoms with Crippen LogP contribution >= 0.6 is 0 Å². The monoisotopic (exact) mass is 296 g/mol. The molecule has 120 valence electrons. The van der Waals surface area contributed by atoms with Gasteiger partial charge in [-0.25, -0.2) is 0 Å². The molecule has 3 aliphatic heterocycles.